The number of carboxylic acids is 1. The molecule has 0 aliphatic rings. The number of nitrogens with one attached hydrogen (secondary N) is 1. The predicted octanol–water partition coefficient (Wildman–Crippen LogP) is 2.78. The van der Waals surface area contributed by atoms with E-state index in [0.717, 1.165) is 4.88 Å². The van der Waals surface area contributed by atoms with E-state index in [1.54, 1.807) is 16.2 Å². The van der Waals surface area contributed by atoms with Gasteiger partial charge in [0.15, 0.2) is 0 Å². The largest absolute Gasteiger partial charge is 0.481 e. The molecule has 0 saturated heterocycles. The summed E-state index contributed by atoms with van der Waals surface area (Å²) in [6.45, 7) is 6.86. The lowest BCUT2D eigenvalue weighted by molar-refractivity contribution is -0.137. The number of carbonyl (C=O) groups is 2. The van der Waals surface area contributed by atoms with E-state index in [2.05, 4.69) is 5.32 Å². The van der Waals surface area contributed by atoms with Gasteiger partial charge in [-0.3, -0.25) is 4.79 Å². The lowest BCUT2D eigenvalue weighted by Crippen LogP contribution is -2.47. The molecule has 20 heavy (non-hydrogen) atoms. The predicted molar refractivity (Wildman–Crippen MR) is 79.8 cm³/mol. The highest BCUT2D eigenvalue weighted by Crippen LogP contribution is 2.13. The number of carbonyl (C=O) groups excluding carboxylic acids is 1. The van der Waals surface area contributed by atoms with Crippen molar-refractivity contribution in [2.75, 3.05) is 6.54 Å². The van der Waals surface area contributed by atoms with Crippen molar-refractivity contribution in [1.29, 1.82) is 0 Å². The van der Waals surface area contributed by atoms with Crippen LogP contribution < -0.4 is 5.32 Å². The van der Waals surface area contributed by atoms with E-state index in [-0.39, 0.29) is 24.4 Å². The minimum absolute atomic E-state index is 0.0556. The molecule has 0 spiro atoms. The zero-order valence-electron chi connectivity index (χ0n) is 12.1. The molecule has 1 heterocycles. The molecule has 0 saturated carbocycles. The fourth-order valence-corrected chi connectivity index (χ4v) is 2.53. The highest BCUT2D eigenvalue weighted by Gasteiger charge is 2.22. The van der Waals surface area contributed by atoms with Crippen molar-refractivity contribution in [3.8, 4) is 0 Å². The molecule has 6 heteroatoms. The van der Waals surface area contributed by atoms with E-state index in [1.807, 2.05) is 38.3 Å². The van der Waals surface area contributed by atoms with Crippen LogP contribution in [0.4, 0.5) is 4.79 Å². The first-order chi connectivity index (χ1) is 9.43. The monoisotopic (exact) mass is 298 g/mol. The molecule has 5 nitrogen and oxygen atoms in total. The average molecular weight is 298 g/mol. The maximum Gasteiger partial charge on any atom is 0.317 e. The molecule has 0 radical (unpaired) electrons. The SMILES string of the molecule is CCN(Cc1cccs1)C(=O)NC(CC(=O)O)C(C)C. The summed E-state index contributed by atoms with van der Waals surface area (Å²) in [6, 6.07) is 3.38. The van der Waals surface area contributed by atoms with Crippen molar-refractivity contribution >= 4 is 23.3 Å². The van der Waals surface area contributed by atoms with Crippen LogP contribution in [0.5, 0.6) is 0 Å². The lowest BCUT2D eigenvalue weighted by atomic mass is 10.0. The Labute approximate surface area is 123 Å². The number of amides is 2. The van der Waals surface area contributed by atoms with Crippen LogP contribution in [0.2, 0.25) is 0 Å². The second-order valence-electron chi connectivity index (χ2n) is 4.99. The van der Waals surface area contributed by atoms with Crippen molar-refractivity contribution in [1.82, 2.24) is 10.2 Å². The third kappa shape index (κ3) is 5.21. The van der Waals surface area contributed by atoms with Gasteiger partial charge in [0.2, 0.25) is 0 Å². The first kappa shape index (κ1) is 16.5. The van der Waals surface area contributed by atoms with Crippen LogP contribution in [0.3, 0.4) is 0 Å². The summed E-state index contributed by atoms with van der Waals surface area (Å²) < 4.78 is 0. The van der Waals surface area contributed by atoms with Crippen LogP contribution >= 0.6 is 11.3 Å². The zero-order valence-corrected chi connectivity index (χ0v) is 12.9. The molecule has 0 aliphatic heterocycles. The van der Waals surface area contributed by atoms with E-state index in [9.17, 15) is 9.59 Å². The Morgan fingerprint density at radius 1 is 1.45 bits per heavy atom. The Hall–Kier alpha value is -1.56. The Morgan fingerprint density at radius 3 is 2.60 bits per heavy atom. The van der Waals surface area contributed by atoms with Crippen molar-refractivity contribution in [3.05, 3.63) is 22.4 Å². The normalized spacial score (nSPS) is 12.2. The minimum atomic E-state index is -0.898. The van der Waals surface area contributed by atoms with Gasteiger partial charge in [-0.25, -0.2) is 4.79 Å². The van der Waals surface area contributed by atoms with Gasteiger partial charge < -0.3 is 15.3 Å². The van der Waals surface area contributed by atoms with Gasteiger partial charge in [0.05, 0.1) is 13.0 Å². The summed E-state index contributed by atoms with van der Waals surface area (Å²) in [5, 5.41) is 13.7. The molecule has 1 aromatic rings. The van der Waals surface area contributed by atoms with Crippen LogP contribution in [0.15, 0.2) is 17.5 Å². The number of rotatable bonds is 7. The number of aliphatic carboxylic acids is 1. The van der Waals surface area contributed by atoms with E-state index in [0.29, 0.717) is 13.1 Å². The van der Waals surface area contributed by atoms with Crippen LogP contribution in [-0.2, 0) is 11.3 Å². The highest BCUT2D eigenvalue weighted by atomic mass is 32.1. The van der Waals surface area contributed by atoms with Crippen LogP contribution in [0.25, 0.3) is 0 Å². The van der Waals surface area contributed by atoms with Crippen molar-refractivity contribution in [2.24, 2.45) is 5.92 Å². The number of thiophene rings is 1. The van der Waals surface area contributed by atoms with E-state index in [1.165, 1.54) is 0 Å². The van der Waals surface area contributed by atoms with Crippen LogP contribution in [0, 0.1) is 5.92 Å². The van der Waals surface area contributed by atoms with Crippen molar-refractivity contribution in [3.63, 3.8) is 0 Å². The molecule has 2 N–H and O–H groups in total. The Balaban J connectivity index is 2.62. The molecule has 112 valence electrons. The van der Waals surface area contributed by atoms with E-state index >= 15 is 0 Å². The van der Waals surface area contributed by atoms with Crippen LogP contribution in [0.1, 0.15) is 32.1 Å². The van der Waals surface area contributed by atoms with Crippen LogP contribution in [-0.4, -0.2) is 34.6 Å². The summed E-state index contributed by atoms with van der Waals surface area (Å²) in [6.07, 6.45) is -0.0556. The van der Waals surface area contributed by atoms with Gasteiger partial charge in [-0.2, -0.15) is 0 Å². The maximum atomic E-state index is 12.2. The number of hydrogen-bond acceptors (Lipinski definition) is 3. The third-order valence-electron chi connectivity index (χ3n) is 3.10. The first-order valence-corrected chi connectivity index (χ1v) is 7.61. The molecule has 0 bridgehead atoms. The van der Waals surface area contributed by atoms with Gasteiger partial charge in [0.25, 0.3) is 0 Å². The fourth-order valence-electron chi connectivity index (χ4n) is 1.81. The standard InChI is InChI=1S/C14H22N2O3S/c1-4-16(9-11-6-5-7-20-11)14(19)15-12(10(2)3)8-13(17)18/h5-7,10,12H,4,8-9H2,1-3H3,(H,15,19)(H,17,18). The molecule has 1 atom stereocenters. The first-order valence-electron chi connectivity index (χ1n) is 6.73. The molecule has 1 unspecified atom stereocenters. The fraction of sp³-hybridized carbons (Fsp3) is 0.571. The Morgan fingerprint density at radius 2 is 2.15 bits per heavy atom. The van der Waals surface area contributed by atoms with E-state index in [4.69, 9.17) is 5.11 Å². The summed E-state index contributed by atoms with van der Waals surface area (Å²) in [5.74, 6) is -0.819. The third-order valence-corrected chi connectivity index (χ3v) is 3.97. The topological polar surface area (TPSA) is 69.6 Å². The van der Waals surface area contributed by atoms with Gasteiger partial charge in [0, 0.05) is 17.5 Å². The average Bonchev–Trinajstić information content (AvgIpc) is 2.87. The molecule has 2 amide bonds. The molecule has 0 fully saturated rings. The highest BCUT2D eigenvalue weighted by molar-refractivity contribution is 7.09. The Bertz CT molecular complexity index is 432. The van der Waals surface area contributed by atoms with Crippen molar-refractivity contribution < 1.29 is 14.7 Å². The zero-order chi connectivity index (χ0) is 15.1. The minimum Gasteiger partial charge on any atom is -0.481 e. The van der Waals surface area contributed by atoms with Crippen molar-refractivity contribution in [2.45, 2.75) is 39.8 Å². The molecular formula is C14H22N2O3S. The number of nitrogens with zero attached hydrogens (tertiary/aromatic N) is 1. The van der Waals surface area contributed by atoms with Gasteiger partial charge in [-0.05, 0) is 24.3 Å². The maximum absolute atomic E-state index is 12.2. The summed E-state index contributed by atoms with van der Waals surface area (Å²) >= 11 is 1.60. The quantitative estimate of drug-likeness (QED) is 0.813. The number of carboxylic acid groups (broad SMARTS) is 1. The molecular weight excluding hydrogens is 276 g/mol. The number of urea groups is 1. The summed E-state index contributed by atoms with van der Waals surface area (Å²) in [5.41, 5.74) is 0. The van der Waals surface area contributed by atoms with E-state index < -0.39 is 5.97 Å². The summed E-state index contributed by atoms with van der Waals surface area (Å²) in [4.78, 5) is 25.8. The molecule has 1 rings (SSSR count). The Kier molecular flexibility index (Phi) is 6.51. The van der Waals surface area contributed by atoms with Gasteiger partial charge in [-0.1, -0.05) is 19.9 Å². The molecule has 0 aliphatic carbocycles. The lowest BCUT2D eigenvalue weighted by Gasteiger charge is -2.26. The second kappa shape index (κ2) is 7.89. The van der Waals surface area contributed by atoms with Gasteiger partial charge >= 0.3 is 12.0 Å². The smallest absolute Gasteiger partial charge is 0.317 e. The second-order valence-corrected chi connectivity index (χ2v) is 6.02. The van der Waals surface area contributed by atoms with Gasteiger partial charge in [0.1, 0.15) is 0 Å². The van der Waals surface area contributed by atoms with Gasteiger partial charge in [-0.15, -0.1) is 11.3 Å². The summed E-state index contributed by atoms with van der Waals surface area (Å²) in [7, 11) is 0. The molecule has 0 aromatic carbocycles. The molecule has 1 aromatic heterocycles. The number of hydrogen-bond donors (Lipinski definition) is 2.